The summed E-state index contributed by atoms with van der Waals surface area (Å²) in [6, 6.07) is 29.8. The van der Waals surface area contributed by atoms with Crippen LogP contribution in [0.3, 0.4) is 0 Å². The monoisotopic (exact) mass is 398 g/mol. The van der Waals surface area contributed by atoms with Crippen molar-refractivity contribution >= 4 is 21.5 Å². The van der Waals surface area contributed by atoms with Gasteiger partial charge in [0.15, 0.2) is 0 Å². The number of benzene rings is 4. The summed E-state index contributed by atoms with van der Waals surface area (Å²) in [5, 5.41) is 15.8. The first kappa shape index (κ1) is 20.5. The van der Waals surface area contributed by atoms with Crippen LogP contribution in [0.4, 0.5) is 0 Å². The normalized spacial score (nSPS) is 11.9. The van der Waals surface area contributed by atoms with Gasteiger partial charge in [0.25, 0.3) is 0 Å². The minimum absolute atomic E-state index is 0.398. The quantitative estimate of drug-likeness (QED) is 0.456. The van der Waals surface area contributed by atoms with E-state index in [0.29, 0.717) is 13.1 Å². The lowest BCUT2D eigenvalue weighted by Crippen LogP contribution is -2.37. The number of nitrogens with zero attached hydrogens (tertiary/aromatic N) is 2. The number of likely N-dealkylation sites (N-methyl/N-ethyl adjacent to an activating group) is 2. The second-order valence-corrected chi connectivity index (χ2v) is 8.32. The Morgan fingerprint density at radius 3 is 1.47 bits per heavy atom. The SMILES string of the molecule is CN(Cc1cccc2ccccc12)CC(O)CN(C)Cc1cccc2ccccc12. The second kappa shape index (κ2) is 9.40. The van der Waals surface area contributed by atoms with Gasteiger partial charge < -0.3 is 5.11 Å². The van der Waals surface area contributed by atoms with Crippen molar-refractivity contribution in [3.05, 3.63) is 96.1 Å². The first-order chi connectivity index (χ1) is 14.6. The van der Waals surface area contributed by atoms with Gasteiger partial charge in [-0.15, -0.1) is 0 Å². The second-order valence-electron chi connectivity index (χ2n) is 8.32. The fourth-order valence-electron chi connectivity index (χ4n) is 4.35. The van der Waals surface area contributed by atoms with Gasteiger partial charge in [-0.1, -0.05) is 84.9 Å². The number of hydrogen-bond donors (Lipinski definition) is 1. The van der Waals surface area contributed by atoms with Crippen molar-refractivity contribution in [1.29, 1.82) is 0 Å². The third-order valence-electron chi connectivity index (χ3n) is 5.69. The Bertz CT molecular complexity index is 1020. The number of aliphatic hydroxyl groups excluding tert-OH is 1. The molecular weight excluding hydrogens is 368 g/mol. The van der Waals surface area contributed by atoms with Gasteiger partial charge in [0.1, 0.15) is 0 Å². The summed E-state index contributed by atoms with van der Waals surface area (Å²) < 4.78 is 0. The highest BCUT2D eigenvalue weighted by Crippen LogP contribution is 2.21. The summed E-state index contributed by atoms with van der Waals surface area (Å²) in [7, 11) is 4.16. The van der Waals surface area contributed by atoms with Crippen molar-refractivity contribution in [2.75, 3.05) is 27.2 Å². The van der Waals surface area contributed by atoms with Crippen LogP contribution in [0.5, 0.6) is 0 Å². The van der Waals surface area contributed by atoms with E-state index in [1.54, 1.807) is 0 Å². The van der Waals surface area contributed by atoms with Crippen LogP contribution in [0, 0.1) is 0 Å². The van der Waals surface area contributed by atoms with E-state index in [-0.39, 0.29) is 0 Å². The van der Waals surface area contributed by atoms with Crippen LogP contribution in [-0.4, -0.2) is 48.2 Å². The molecule has 3 nitrogen and oxygen atoms in total. The van der Waals surface area contributed by atoms with E-state index >= 15 is 0 Å². The minimum Gasteiger partial charge on any atom is -0.390 e. The van der Waals surface area contributed by atoms with Crippen LogP contribution in [0.2, 0.25) is 0 Å². The molecule has 4 rings (SSSR count). The van der Waals surface area contributed by atoms with Crippen LogP contribution in [0.1, 0.15) is 11.1 Å². The van der Waals surface area contributed by atoms with Crippen molar-refractivity contribution in [3.63, 3.8) is 0 Å². The molecule has 0 bridgehead atoms. The van der Waals surface area contributed by atoms with E-state index in [2.05, 4.69) is 109 Å². The molecule has 0 spiro atoms. The lowest BCUT2D eigenvalue weighted by molar-refractivity contribution is 0.0870. The summed E-state index contributed by atoms with van der Waals surface area (Å²) in [6.45, 7) is 2.93. The number of fused-ring (bicyclic) bond motifs is 2. The molecule has 4 aromatic rings. The lowest BCUT2D eigenvalue weighted by atomic mass is 10.0. The first-order valence-corrected chi connectivity index (χ1v) is 10.6. The van der Waals surface area contributed by atoms with Crippen molar-refractivity contribution in [2.45, 2.75) is 19.2 Å². The average molecular weight is 399 g/mol. The Morgan fingerprint density at radius 2 is 1.00 bits per heavy atom. The smallest absolute Gasteiger partial charge is 0.0793 e. The number of aliphatic hydroxyl groups is 1. The van der Waals surface area contributed by atoms with Crippen molar-refractivity contribution in [1.82, 2.24) is 9.80 Å². The molecule has 0 unspecified atom stereocenters. The number of rotatable bonds is 8. The molecule has 0 aliphatic carbocycles. The Morgan fingerprint density at radius 1 is 0.600 bits per heavy atom. The lowest BCUT2D eigenvalue weighted by Gasteiger charge is -2.25. The van der Waals surface area contributed by atoms with E-state index in [0.717, 1.165) is 13.1 Å². The van der Waals surface area contributed by atoms with E-state index in [1.807, 2.05) is 0 Å². The predicted molar refractivity (Wildman–Crippen MR) is 127 cm³/mol. The molecule has 0 aliphatic heterocycles. The molecule has 4 aromatic carbocycles. The maximum Gasteiger partial charge on any atom is 0.0793 e. The third-order valence-corrected chi connectivity index (χ3v) is 5.69. The molecule has 1 N–H and O–H groups in total. The topological polar surface area (TPSA) is 26.7 Å². The number of hydrogen-bond acceptors (Lipinski definition) is 3. The standard InChI is InChI=1S/C27H30N2O/c1-28(17-23-13-7-11-21-9-3-5-15-26(21)23)19-25(30)20-29(2)18-24-14-8-12-22-10-4-6-16-27(22)24/h3-16,25,30H,17-20H2,1-2H3. The van der Waals surface area contributed by atoms with E-state index < -0.39 is 6.10 Å². The summed E-state index contributed by atoms with van der Waals surface area (Å²) >= 11 is 0. The summed E-state index contributed by atoms with van der Waals surface area (Å²) in [6.07, 6.45) is -0.398. The van der Waals surface area contributed by atoms with Crippen molar-refractivity contribution < 1.29 is 5.11 Å². The highest BCUT2D eigenvalue weighted by molar-refractivity contribution is 5.86. The molecule has 0 fully saturated rings. The third kappa shape index (κ3) is 4.88. The van der Waals surface area contributed by atoms with Crippen LogP contribution in [0.15, 0.2) is 84.9 Å². The van der Waals surface area contributed by atoms with E-state index in [1.165, 1.54) is 32.7 Å². The molecule has 0 saturated carbocycles. The minimum atomic E-state index is -0.398. The maximum atomic E-state index is 10.7. The Labute approximate surface area is 179 Å². The summed E-state index contributed by atoms with van der Waals surface area (Å²) in [5.41, 5.74) is 2.60. The highest BCUT2D eigenvalue weighted by Gasteiger charge is 2.13. The van der Waals surface area contributed by atoms with Gasteiger partial charge in [0.05, 0.1) is 6.10 Å². The van der Waals surface area contributed by atoms with E-state index in [9.17, 15) is 5.11 Å². The largest absolute Gasteiger partial charge is 0.390 e. The molecular formula is C27H30N2O. The van der Waals surface area contributed by atoms with Gasteiger partial charge in [-0.05, 0) is 46.8 Å². The van der Waals surface area contributed by atoms with Gasteiger partial charge in [-0.2, -0.15) is 0 Å². The van der Waals surface area contributed by atoms with Gasteiger partial charge in [-0.25, -0.2) is 0 Å². The van der Waals surface area contributed by atoms with Crippen molar-refractivity contribution in [3.8, 4) is 0 Å². The van der Waals surface area contributed by atoms with Crippen LogP contribution in [-0.2, 0) is 13.1 Å². The molecule has 0 heterocycles. The summed E-state index contributed by atoms with van der Waals surface area (Å²) in [4.78, 5) is 4.41. The van der Waals surface area contributed by atoms with Gasteiger partial charge in [-0.3, -0.25) is 9.80 Å². The van der Waals surface area contributed by atoms with Crippen molar-refractivity contribution in [2.24, 2.45) is 0 Å². The average Bonchev–Trinajstić information content (AvgIpc) is 2.74. The Balaban J connectivity index is 1.35. The Hall–Kier alpha value is -2.72. The highest BCUT2D eigenvalue weighted by atomic mass is 16.3. The molecule has 0 aliphatic rings. The zero-order chi connectivity index (χ0) is 20.9. The zero-order valence-electron chi connectivity index (χ0n) is 17.8. The van der Waals surface area contributed by atoms with Crippen LogP contribution < -0.4 is 0 Å². The van der Waals surface area contributed by atoms with Crippen LogP contribution in [0.25, 0.3) is 21.5 Å². The molecule has 0 aromatic heterocycles. The fraction of sp³-hybridized carbons (Fsp3) is 0.259. The van der Waals surface area contributed by atoms with Gasteiger partial charge >= 0.3 is 0 Å². The first-order valence-electron chi connectivity index (χ1n) is 10.6. The van der Waals surface area contributed by atoms with Crippen LogP contribution >= 0.6 is 0 Å². The fourth-order valence-corrected chi connectivity index (χ4v) is 4.35. The molecule has 30 heavy (non-hydrogen) atoms. The summed E-state index contributed by atoms with van der Waals surface area (Å²) in [5.74, 6) is 0. The Kier molecular flexibility index (Phi) is 6.44. The molecule has 154 valence electrons. The van der Waals surface area contributed by atoms with E-state index in [4.69, 9.17) is 0 Å². The molecule has 3 heteroatoms. The maximum absolute atomic E-state index is 10.7. The van der Waals surface area contributed by atoms with Gasteiger partial charge in [0, 0.05) is 26.2 Å². The zero-order valence-corrected chi connectivity index (χ0v) is 17.8. The van der Waals surface area contributed by atoms with Gasteiger partial charge in [0.2, 0.25) is 0 Å². The predicted octanol–water partition coefficient (Wildman–Crippen LogP) is 4.92. The molecule has 0 amide bonds. The molecule has 0 atom stereocenters. The molecule has 0 radical (unpaired) electrons. The molecule has 0 saturated heterocycles.